The standard InChI is InChI=1S/C27H22BrN3O6/c1-3-4-19-11-18(15-29-30-27(32)25-14-20-13-21(28)7-10-23(20)37-25)12-24(35-2)26(19)36-16-17-5-8-22(9-6-17)31(33)34/h3,5-15H,1,4,16H2,2H3,(H,30,32)/b29-15+. The molecule has 0 saturated carbocycles. The molecule has 4 aromatic rings. The number of furan rings is 1. The number of fused-ring (bicyclic) bond motifs is 1. The van der Waals surface area contributed by atoms with E-state index < -0.39 is 10.8 Å². The minimum Gasteiger partial charge on any atom is -0.493 e. The average molecular weight is 564 g/mol. The Labute approximate surface area is 220 Å². The second-order valence-electron chi connectivity index (χ2n) is 7.91. The molecule has 0 aliphatic heterocycles. The molecule has 0 saturated heterocycles. The van der Waals surface area contributed by atoms with Crippen LogP contribution < -0.4 is 14.9 Å². The Kier molecular flexibility index (Phi) is 7.99. The fraction of sp³-hybridized carbons (Fsp3) is 0.111. The van der Waals surface area contributed by atoms with Gasteiger partial charge >= 0.3 is 5.91 Å². The Morgan fingerprint density at radius 3 is 2.68 bits per heavy atom. The summed E-state index contributed by atoms with van der Waals surface area (Å²) in [7, 11) is 1.52. The van der Waals surface area contributed by atoms with Gasteiger partial charge in [0.15, 0.2) is 17.3 Å². The average Bonchev–Trinajstić information content (AvgIpc) is 3.31. The lowest BCUT2D eigenvalue weighted by atomic mass is 10.1. The second-order valence-corrected chi connectivity index (χ2v) is 8.82. The summed E-state index contributed by atoms with van der Waals surface area (Å²) in [6.45, 7) is 4.00. The van der Waals surface area contributed by atoms with Crippen LogP contribution >= 0.6 is 15.9 Å². The van der Waals surface area contributed by atoms with E-state index in [4.69, 9.17) is 13.9 Å². The summed E-state index contributed by atoms with van der Waals surface area (Å²) in [5, 5.41) is 15.7. The zero-order chi connectivity index (χ0) is 26.4. The minimum absolute atomic E-state index is 0.0119. The van der Waals surface area contributed by atoms with Crippen LogP contribution in [0, 0.1) is 10.1 Å². The zero-order valence-electron chi connectivity index (χ0n) is 19.8. The molecule has 188 valence electrons. The number of hydrazone groups is 1. The first-order chi connectivity index (χ1) is 17.9. The van der Waals surface area contributed by atoms with Gasteiger partial charge in [0, 0.05) is 27.6 Å². The summed E-state index contributed by atoms with van der Waals surface area (Å²) in [6.07, 6.45) is 3.72. The number of halogens is 1. The highest BCUT2D eigenvalue weighted by Gasteiger charge is 2.14. The molecule has 1 N–H and O–H groups in total. The molecule has 0 atom stereocenters. The van der Waals surface area contributed by atoms with E-state index in [9.17, 15) is 14.9 Å². The van der Waals surface area contributed by atoms with Gasteiger partial charge in [-0.15, -0.1) is 6.58 Å². The van der Waals surface area contributed by atoms with Crippen molar-refractivity contribution in [2.75, 3.05) is 7.11 Å². The predicted octanol–water partition coefficient (Wildman–Crippen LogP) is 6.18. The number of carbonyl (C=O) groups excluding carboxylic acids is 1. The molecule has 0 bridgehead atoms. The van der Waals surface area contributed by atoms with Crippen molar-refractivity contribution in [1.29, 1.82) is 0 Å². The maximum absolute atomic E-state index is 12.5. The summed E-state index contributed by atoms with van der Waals surface area (Å²) >= 11 is 3.40. The van der Waals surface area contributed by atoms with E-state index in [0.29, 0.717) is 29.1 Å². The number of nitrogens with one attached hydrogen (secondary N) is 1. The summed E-state index contributed by atoms with van der Waals surface area (Å²) in [5.74, 6) is 0.655. The summed E-state index contributed by atoms with van der Waals surface area (Å²) in [4.78, 5) is 22.9. The lowest BCUT2D eigenvalue weighted by Gasteiger charge is -2.16. The number of benzene rings is 3. The lowest BCUT2D eigenvalue weighted by molar-refractivity contribution is -0.384. The molecule has 1 heterocycles. The number of methoxy groups -OCH3 is 1. The van der Waals surface area contributed by atoms with Crippen LogP contribution in [-0.2, 0) is 13.0 Å². The van der Waals surface area contributed by atoms with Gasteiger partial charge in [0.1, 0.15) is 12.2 Å². The number of nitro groups is 1. The van der Waals surface area contributed by atoms with Crippen molar-refractivity contribution in [3.63, 3.8) is 0 Å². The van der Waals surface area contributed by atoms with E-state index in [1.165, 1.54) is 25.5 Å². The van der Waals surface area contributed by atoms with Crippen molar-refractivity contribution in [3.05, 3.63) is 110 Å². The molecule has 0 radical (unpaired) electrons. The van der Waals surface area contributed by atoms with Crippen LogP contribution in [0.2, 0.25) is 0 Å². The molecule has 37 heavy (non-hydrogen) atoms. The fourth-order valence-electron chi connectivity index (χ4n) is 3.60. The maximum Gasteiger partial charge on any atom is 0.307 e. The van der Waals surface area contributed by atoms with Crippen LogP contribution in [0.4, 0.5) is 5.69 Å². The molecule has 0 aliphatic carbocycles. The third-order valence-electron chi connectivity index (χ3n) is 5.35. The number of ether oxygens (including phenoxy) is 2. The van der Waals surface area contributed by atoms with Crippen molar-refractivity contribution in [3.8, 4) is 11.5 Å². The molecule has 0 spiro atoms. The molecule has 9 nitrogen and oxygen atoms in total. The van der Waals surface area contributed by atoms with Gasteiger partial charge < -0.3 is 13.9 Å². The van der Waals surface area contributed by atoms with Gasteiger partial charge in [-0.25, -0.2) is 5.43 Å². The maximum atomic E-state index is 12.5. The molecule has 1 amide bonds. The highest BCUT2D eigenvalue weighted by Crippen LogP contribution is 2.34. The molecule has 3 aromatic carbocycles. The van der Waals surface area contributed by atoms with Crippen molar-refractivity contribution >= 4 is 44.7 Å². The van der Waals surface area contributed by atoms with E-state index in [1.807, 2.05) is 18.2 Å². The summed E-state index contributed by atoms with van der Waals surface area (Å²) in [5.41, 5.74) is 5.32. The van der Waals surface area contributed by atoms with Crippen LogP contribution in [-0.4, -0.2) is 24.2 Å². The zero-order valence-corrected chi connectivity index (χ0v) is 21.4. The quantitative estimate of drug-likeness (QED) is 0.106. The molecule has 4 rings (SSSR count). The molecule has 0 aliphatic rings. The number of hydrogen-bond donors (Lipinski definition) is 1. The van der Waals surface area contributed by atoms with Crippen LogP contribution in [0.5, 0.6) is 11.5 Å². The first-order valence-electron chi connectivity index (χ1n) is 11.1. The summed E-state index contributed by atoms with van der Waals surface area (Å²) < 4.78 is 18.0. The molecular weight excluding hydrogens is 542 g/mol. The van der Waals surface area contributed by atoms with Crippen LogP contribution in [0.3, 0.4) is 0 Å². The number of allylic oxidation sites excluding steroid dienone is 1. The van der Waals surface area contributed by atoms with Crippen molar-refractivity contribution in [2.24, 2.45) is 5.10 Å². The third kappa shape index (κ3) is 6.22. The third-order valence-corrected chi connectivity index (χ3v) is 5.84. The van der Waals surface area contributed by atoms with Crippen molar-refractivity contribution in [1.82, 2.24) is 5.43 Å². The van der Waals surface area contributed by atoms with Crippen molar-refractivity contribution < 1.29 is 23.6 Å². The van der Waals surface area contributed by atoms with E-state index in [-0.39, 0.29) is 18.1 Å². The number of amides is 1. The van der Waals surface area contributed by atoms with Gasteiger partial charge in [-0.3, -0.25) is 14.9 Å². The number of nitro benzene ring substituents is 1. The topological polar surface area (TPSA) is 116 Å². The van der Waals surface area contributed by atoms with E-state index in [0.717, 1.165) is 21.0 Å². The predicted molar refractivity (Wildman–Crippen MR) is 143 cm³/mol. The minimum atomic E-state index is -0.482. The fourth-order valence-corrected chi connectivity index (χ4v) is 3.98. The Morgan fingerprint density at radius 1 is 1.19 bits per heavy atom. The molecule has 0 unspecified atom stereocenters. The number of carbonyl (C=O) groups is 1. The van der Waals surface area contributed by atoms with Gasteiger partial charge in [0.2, 0.25) is 0 Å². The van der Waals surface area contributed by atoms with Crippen molar-refractivity contribution in [2.45, 2.75) is 13.0 Å². The van der Waals surface area contributed by atoms with Crippen LogP contribution in [0.1, 0.15) is 27.2 Å². The van der Waals surface area contributed by atoms with E-state index in [1.54, 1.807) is 36.4 Å². The number of nitrogens with zero attached hydrogens (tertiary/aromatic N) is 2. The first kappa shape index (κ1) is 25.6. The molecule has 10 heteroatoms. The summed E-state index contributed by atoms with van der Waals surface area (Å²) in [6, 6.07) is 16.8. The monoisotopic (exact) mass is 563 g/mol. The van der Waals surface area contributed by atoms with E-state index >= 15 is 0 Å². The number of non-ortho nitro benzene ring substituents is 1. The second kappa shape index (κ2) is 11.5. The highest BCUT2D eigenvalue weighted by molar-refractivity contribution is 9.10. The Hall–Kier alpha value is -4.44. The Bertz CT molecular complexity index is 1490. The van der Waals surface area contributed by atoms with Crippen LogP contribution in [0.25, 0.3) is 11.0 Å². The molecule has 0 fully saturated rings. The van der Waals surface area contributed by atoms with Gasteiger partial charge in [-0.1, -0.05) is 22.0 Å². The lowest BCUT2D eigenvalue weighted by Crippen LogP contribution is -2.16. The molecule has 1 aromatic heterocycles. The Balaban J connectivity index is 1.49. The number of rotatable bonds is 10. The van der Waals surface area contributed by atoms with Gasteiger partial charge in [0.05, 0.1) is 18.2 Å². The SMILES string of the molecule is C=CCc1cc(/C=N/NC(=O)c2cc3cc(Br)ccc3o2)cc(OC)c1OCc1ccc([N+](=O)[O-])cc1. The van der Waals surface area contributed by atoms with Crippen LogP contribution in [0.15, 0.2) is 87.3 Å². The smallest absolute Gasteiger partial charge is 0.307 e. The molecular formula is C27H22BrN3O6. The number of hydrogen-bond acceptors (Lipinski definition) is 7. The van der Waals surface area contributed by atoms with E-state index in [2.05, 4.69) is 33.0 Å². The highest BCUT2D eigenvalue weighted by atomic mass is 79.9. The Morgan fingerprint density at radius 2 is 1.97 bits per heavy atom. The van der Waals surface area contributed by atoms with Gasteiger partial charge in [-0.2, -0.15) is 5.10 Å². The van der Waals surface area contributed by atoms with Gasteiger partial charge in [-0.05, 0) is 66.1 Å². The van der Waals surface area contributed by atoms with Gasteiger partial charge in [0.25, 0.3) is 5.69 Å². The normalized spacial score (nSPS) is 11.0. The first-order valence-corrected chi connectivity index (χ1v) is 11.9. The largest absolute Gasteiger partial charge is 0.493 e.